The second-order valence-electron chi connectivity index (χ2n) is 3.39. The third-order valence-electron chi connectivity index (χ3n) is 2.27. The van der Waals surface area contributed by atoms with Gasteiger partial charge in [0.2, 0.25) is 10.0 Å². The summed E-state index contributed by atoms with van der Waals surface area (Å²) in [5.41, 5.74) is 6.49. The highest BCUT2D eigenvalue weighted by Crippen LogP contribution is 2.19. The Morgan fingerprint density at radius 2 is 2.06 bits per heavy atom. The number of rotatable bonds is 3. The average molecular weight is 252 g/mol. The van der Waals surface area contributed by atoms with E-state index in [9.17, 15) is 8.42 Å². The molecule has 6 nitrogen and oxygen atoms in total. The molecule has 0 aliphatic heterocycles. The summed E-state index contributed by atoms with van der Waals surface area (Å²) in [4.78, 5) is 0.158. The van der Waals surface area contributed by atoms with Gasteiger partial charge < -0.3 is 5.73 Å². The molecule has 0 atom stereocenters. The number of aromatic nitrogens is 2. The molecular weight excluding hydrogens is 240 g/mol. The predicted octanol–water partition coefficient (Wildman–Crippen LogP) is 0.363. The van der Waals surface area contributed by atoms with Gasteiger partial charge in [0, 0.05) is 0 Å². The molecule has 17 heavy (non-hydrogen) atoms. The summed E-state index contributed by atoms with van der Waals surface area (Å²) in [6, 6.07) is 6.57. The number of benzene rings is 1. The molecule has 1 aromatic carbocycles. The van der Waals surface area contributed by atoms with Crippen LogP contribution in [0.2, 0.25) is 0 Å². The number of para-hydroxylation sites is 1. The number of anilines is 1. The van der Waals surface area contributed by atoms with Crippen LogP contribution in [0, 0.1) is 0 Å². The normalized spacial score (nSPS) is 11.6. The van der Waals surface area contributed by atoms with Gasteiger partial charge in [-0.15, -0.1) is 0 Å². The molecule has 0 aliphatic carbocycles. The SMILES string of the molecule is CNS(=O)(=O)c1ccccc1-n1cc(N)cn1. The highest BCUT2D eigenvalue weighted by molar-refractivity contribution is 7.89. The largest absolute Gasteiger partial charge is 0.396 e. The number of hydrogen-bond acceptors (Lipinski definition) is 4. The van der Waals surface area contributed by atoms with Crippen LogP contribution < -0.4 is 10.5 Å². The number of hydrogen-bond donors (Lipinski definition) is 2. The zero-order valence-corrected chi connectivity index (χ0v) is 9.98. The predicted molar refractivity (Wildman–Crippen MR) is 64.2 cm³/mol. The molecule has 2 rings (SSSR count). The Balaban J connectivity index is 2.64. The minimum Gasteiger partial charge on any atom is -0.396 e. The van der Waals surface area contributed by atoms with Crippen molar-refractivity contribution in [3.63, 3.8) is 0 Å². The number of nitrogen functional groups attached to an aromatic ring is 1. The zero-order valence-electron chi connectivity index (χ0n) is 9.16. The van der Waals surface area contributed by atoms with Crippen molar-refractivity contribution in [1.82, 2.24) is 14.5 Å². The molecule has 1 heterocycles. The van der Waals surface area contributed by atoms with E-state index in [1.807, 2.05) is 0 Å². The number of nitrogens with zero attached hydrogens (tertiary/aromatic N) is 2. The van der Waals surface area contributed by atoms with Gasteiger partial charge in [-0.2, -0.15) is 5.10 Å². The van der Waals surface area contributed by atoms with Crippen molar-refractivity contribution in [2.75, 3.05) is 12.8 Å². The molecule has 0 saturated carbocycles. The van der Waals surface area contributed by atoms with Crippen LogP contribution in [0.4, 0.5) is 5.69 Å². The summed E-state index contributed by atoms with van der Waals surface area (Å²) in [6.07, 6.45) is 3.02. The molecule has 0 amide bonds. The van der Waals surface area contributed by atoms with Crippen molar-refractivity contribution in [3.05, 3.63) is 36.7 Å². The van der Waals surface area contributed by atoms with Gasteiger partial charge in [-0.3, -0.25) is 0 Å². The highest BCUT2D eigenvalue weighted by atomic mass is 32.2. The Hall–Kier alpha value is -1.86. The van der Waals surface area contributed by atoms with E-state index < -0.39 is 10.0 Å². The maximum atomic E-state index is 11.8. The van der Waals surface area contributed by atoms with Crippen molar-refractivity contribution in [2.24, 2.45) is 0 Å². The van der Waals surface area contributed by atoms with Gasteiger partial charge in [0.15, 0.2) is 0 Å². The van der Waals surface area contributed by atoms with Crippen LogP contribution in [-0.4, -0.2) is 25.2 Å². The lowest BCUT2D eigenvalue weighted by molar-refractivity contribution is 0.587. The second-order valence-corrected chi connectivity index (χ2v) is 5.25. The van der Waals surface area contributed by atoms with Gasteiger partial charge in [-0.25, -0.2) is 17.8 Å². The first-order chi connectivity index (χ1) is 8.04. The van der Waals surface area contributed by atoms with Crippen LogP contribution in [0.5, 0.6) is 0 Å². The Labute approximate surface area is 99.1 Å². The molecule has 90 valence electrons. The molecule has 3 N–H and O–H groups in total. The van der Waals surface area contributed by atoms with E-state index in [-0.39, 0.29) is 4.90 Å². The lowest BCUT2D eigenvalue weighted by Gasteiger charge is -2.08. The van der Waals surface area contributed by atoms with Crippen LogP contribution in [0.3, 0.4) is 0 Å². The quantitative estimate of drug-likeness (QED) is 0.825. The van der Waals surface area contributed by atoms with Gasteiger partial charge in [-0.05, 0) is 19.2 Å². The van der Waals surface area contributed by atoms with Crippen LogP contribution in [0.15, 0.2) is 41.6 Å². The first-order valence-electron chi connectivity index (χ1n) is 4.87. The van der Waals surface area contributed by atoms with Crippen molar-refractivity contribution in [1.29, 1.82) is 0 Å². The summed E-state index contributed by atoms with van der Waals surface area (Å²) < 4.78 is 27.3. The summed E-state index contributed by atoms with van der Waals surface area (Å²) in [7, 11) is -2.15. The third-order valence-corrected chi connectivity index (χ3v) is 3.73. The first-order valence-corrected chi connectivity index (χ1v) is 6.36. The van der Waals surface area contributed by atoms with Gasteiger partial charge in [0.1, 0.15) is 4.90 Å². The van der Waals surface area contributed by atoms with Crippen molar-refractivity contribution < 1.29 is 8.42 Å². The fourth-order valence-electron chi connectivity index (χ4n) is 1.45. The molecule has 0 unspecified atom stereocenters. The van der Waals surface area contributed by atoms with E-state index in [1.54, 1.807) is 24.4 Å². The molecule has 0 saturated heterocycles. The fraction of sp³-hybridized carbons (Fsp3) is 0.100. The van der Waals surface area contributed by atoms with E-state index in [0.717, 1.165) is 0 Å². The van der Waals surface area contributed by atoms with Crippen molar-refractivity contribution in [3.8, 4) is 5.69 Å². The van der Waals surface area contributed by atoms with E-state index in [1.165, 1.54) is 24.0 Å². The molecular formula is C10H12N4O2S. The monoisotopic (exact) mass is 252 g/mol. The first kappa shape index (κ1) is 11.6. The van der Waals surface area contributed by atoms with Crippen LogP contribution in [0.25, 0.3) is 5.69 Å². The van der Waals surface area contributed by atoms with E-state index >= 15 is 0 Å². The van der Waals surface area contributed by atoms with E-state index in [0.29, 0.717) is 11.4 Å². The number of nitrogens with one attached hydrogen (secondary N) is 1. The standard InChI is InChI=1S/C10H12N4O2S/c1-12-17(15,16)10-5-3-2-4-9(10)14-7-8(11)6-13-14/h2-7,12H,11H2,1H3. The Kier molecular flexibility index (Phi) is 2.86. The van der Waals surface area contributed by atoms with Crippen LogP contribution in [0.1, 0.15) is 0 Å². The molecule has 2 aromatic rings. The summed E-state index contributed by atoms with van der Waals surface area (Å²) >= 11 is 0. The smallest absolute Gasteiger partial charge is 0.242 e. The Morgan fingerprint density at radius 3 is 2.65 bits per heavy atom. The topological polar surface area (TPSA) is 90.0 Å². The van der Waals surface area contributed by atoms with Gasteiger partial charge in [0.25, 0.3) is 0 Å². The lowest BCUT2D eigenvalue weighted by Crippen LogP contribution is -2.20. The van der Waals surface area contributed by atoms with E-state index in [2.05, 4.69) is 9.82 Å². The third kappa shape index (κ3) is 2.15. The maximum absolute atomic E-state index is 11.8. The summed E-state index contributed by atoms with van der Waals surface area (Å²) in [5.74, 6) is 0. The zero-order chi connectivity index (χ0) is 12.5. The molecule has 0 bridgehead atoms. The van der Waals surface area contributed by atoms with E-state index in [4.69, 9.17) is 5.73 Å². The van der Waals surface area contributed by atoms with Crippen molar-refractivity contribution in [2.45, 2.75) is 4.90 Å². The number of nitrogens with two attached hydrogens (primary N) is 1. The molecule has 1 aromatic heterocycles. The minimum atomic E-state index is -3.52. The van der Waals surface area contributed by atoms with Crippen LogP contribution >= 0.6 is 0 Å². The minimum absolute atomic E-state index is 0.158. The second kappa shape index (κ2) is 4.19. The molecule has 7 heteroatoms. The number of sulfonamides is 1. The Morgan fingerprint density at radius 1 is 1.35 bits per heavy atom. The highest BCUT2D eigenvalue weighted by Gasteiger charge is 2.17. The summed E-state index contributed by atoms with van der Waals surface area (Å²) in [5, 5.41) is 3.99. The van der Waals surface area contributed by atoms with Gasteiger partial charge >= 0.3 is 0 Å². The molecule has 0 fully saturated rings. The van der Waals surface area contributed by atoms with Crippen LogP contribution in [-0.2, 0) is 10.0 Å². The molecule has 0 aliphatic rings. The molecule has 0 radical (unpaired) electrons. The average Bonchev–Trinajstić information content (AvgIpc) is 2.76. The van der Waals surface area contributed by atoms with Crippen molar-refractivity contribution >= 4 is 15.7 Å². The van der Waals surface area contributed by atoms with Gasteiger partial charge in [-0.1, -0.05) is 12.1 Å². The van der Waals surface area contributed by atoms with Gasteiger partial charge in [0.05, 0.1) is 23.8 Å². The summed E-state index contributed by atoms with van der Waals surface area (Å²) in [6.45, 7) is 0. The lowest BCUT2D eigenvalue weighted by atomic mass is 10.3. The Bertz CT molecular complexity index is 633. The maximum Gasteiger partial charge on any atom is 0.242 e. The fourth-order valence-corrected chi connectivity index (χ4v) is 2.37. The molecule has 0 spiro atoms.